The summed E-state index contributed by atoms with van der Waals surface area (Å²) in [6, 6.07) is 17.3. The van der Waals surface area contributed by atoms with Crippen LogP contribution >= 0.6 is 0 Å². The number of nitrogens with zero attached hydrogens (tertiary/aromatic N) is 3. The Balaban J connectivity index is 1.81. The zero-order valence-corrected chi connectivity index (χ0v) is 16.9. The number of aliphatic hydroxyl groups excluding tert-OH is 1. The first-order valence-corrected chi connectivity index (χ1v) is 9.94. The van der Waals surface area contributed by atoms with Crippen molar-refractivity contribution in [2.75, 3.05) is 6.54 Å². The Morgan fingerprint density at radius 2 is 1.75 bits per heavy atom. The number of benzene rings is 2. The molecule has 1 aromatic heterocycles. The fraction of sp³-hybridized carbons (Fsp3) is 0.125. The topological polar surface area (TPSA) is 114 Å². The monoisotopic (exact) mass is 429 g/mol. The predicted molar refractivity (Wildman–Crippen MR) is 116 cm³/mol. The molecule has 2 heterocycles. The second-order valence-corrected chi connectivity index (χ2v) is 7.32. The number of aliphatic hydroxyl groups is 1. The van der Waals surface area contributed by atoms with Crippen LogP contribution in [0.15, 0.2) is 84.7 Å². The largest absolute Gasteiger partial charge is 0.507 e. The van der Waals surface area contributed by atoms with Crippen LogP contribution in [-0.4, -0.2) is 38.1 Å². The van der Waals surface area contributed by atoms with E-state index in [1.807, 2.05) is 30.3 Å². The lowest BCUT2D eigenvalue weighted by Gasteiger charge is -2.25. The molecule has 1 aliphatic rings. The summed E-state index contributed by atoms with van der Waals surface area (Å²) in [6.45, 7) is 0.203. The maximum absolute atomic E-state index is 13.0. The minimum absolute atomic E-state index is 0.102. The SMILES string of the molecule is O=C1C(=O)N(CCc2ccccc2)C(c2cccc([N+](=O)[O-])c2)/C1=C(\O)c1ccncc1. The molecule has 1 N–H and O–H groups in total. The van der Waals surface area contributed by atoms with E-state index in [1.165, 1.54) is 47.6 Å². The molecule has 2 aromatic carbocycles. The molecule has 1 saturated heterocycles. The average molecular weight is 429 g/mol. The molecule has 1 unspecified atom stereocenters. The number of carbonyl (C=O) groups excluding carboxylic acids is 2. The highest BCUT2D eigenvalue weighted by Crippen LogP contribution is 2.40. The standard InChI is InChI=1S/C24H19N3O5/c28-22(17-9-12-25-13-10-17)20-21(18-7-4-8-19(15-18)27(31)32)26(24(30)23(20)29)14-11-16-5-2-1-3-6-16/h1-10,12-13,15,21,28H,11,14H2/b22-20+. The van der Waals surface area contributed by atoms with Crippen molar-refractivity contribution in [1.29, 1.82) is 0 Å². The normalized spacial score (nSPS) is 17.5. The zero-order chi connectivity index (χ0) is 22.7. The van der Waals surface area contributed by atoms with Crippen molar-refractivity contribution in [3.8, 4) is 0 Å². The molecule has 0 saturated carbocycles. The van der Waals surface area contributed by atoms with Gasteiger partial charge in [0.15, 0.2) is 0 Å². The van der Waals surface area contributed by atoms with Crippen LogP contribution in [0, 0.1) is 10.1 Å². The van der Waals surface area contributed by atoms with Crippen LogP contribution in [-0.2, 0) is 16.0 Å². The number of hydrogen-bond acceptors (Lipinski definition) is 6. The average Bonchev–Trinajstić information content (AvgIpc) is 3.08. The van der Waals surface area contributed by atoms with Gasteiger partial charge in [0.05, 0.1) is 16.5 Å². The van der Waals surface area contributed by atoms with Gasteiger partial charge in [0.2, 0.25) is 0 Å². The van der Waals surface area contributed by atoms with E-state index >= 15 is 0 Å². The van der Waals surface area contributed by atoms with E-state index in [0.717, 1.165) is 5.56 Å². The number of hydrogen-bond donors (Lipinski definition) is 1. The van der Waals surface area contributed by atoms with Crippen molar-refractivity contribution in [1.82, 2.24) is 9.88 Å². The smallest absolute Gasteiger partial charge is 0.295 e. The molecule has 0 bridgehead atoms. The van der Waals surface area contributed by atoms with Crippen molar-refractivity contribution in [2.45, 2.75) is 12.5 Å². The fourth-order valence-corrected chi connectivity index (χ4v) is 3.83. The number of rotatable bonds is 6. The van der Waals surface area contributed by atoms with Crippen LogP contribution in [0.3, 0.4) is 0 Å². The van der Waals surface area contributed by atoms with Gasteiger partial charge in [0, 0.05) is 36.6 Å². The quantitative estimate of drug-likeness (QED) is 0.210. The highest BCUT2D eigenvalue weighted by atomic mass is 16.6. The number of ketones is 1. The van der Waals surface area contributed by atoms with E-state index in [-0.39, 0.29) is 23.6 Å². The molecule has 1 atom stereocenters. The maximum Gasteiger partial charge on any atom is 0.295 e. The highest BCUT2D eigenvalue weighted by Gasteiger charge is 2.46. The Kier molecular flexibility index (Phi) is 5.76. The minimum atomic E-state index is -0.952. The van der Waals surface area contributed by atoms with Gasteiger partial charge in [0.1, 0.15) is 5.76 Å². The number of nitro groups is 1. The van der Waals surface area contributed by atoms with Crippen molar-refractivity contribution in [3.05, 3.63) is 112 Å². The highest BCUT2D eigenvalue weighted by molar-refractivity contribution is 6.46. The Labute approximate surface area is 183 Å². The van der Waals surface area contributed by atoms with Gasteiger partial charge in [-0.1, -0.05) is 42.5 Å². The van der Waals surface area contributed by atoms with E-state index < -0.39 is 22.7 Å². The molecule has 4 rings (SSSR count). The first-order valence-electron chi connectivity index (χ1n) is 9.94. The number of carbonyl (C=O) groups is 2. The second-order valence-electron chi connectivity index (χ2n) is 7.32. The molecule has 3 aromatic rings. The first-order chi connectivity index (χ1) is 15.5. The molecular formula is C24H19N3O5. The lowest BCUT2D eigenvalue weighted by Crippen LogP contribution is -2.31. The van der Waals surface area contributed by atoms with Crippen LogP contribution in [0.2, 0.25) is 0 Å². The molecule has 32 heavy (non-hydrogen) atoms. The predicted octanol–water partition coefficient (Wildman–Crippen LogP) is 3.65. The number of non-ortho nitro benzene ring substituents is 1. The summed E-state index contributed by atoms with van der Waals surface area (Å²) in [5, 5.41) is 22.3. The molecule has 8 heteroatoms. The number of aromatic nitrogens is 1. The fourth-order valence-electron chi connectivity index (χ4n) is 3.83. The number of likely N-dealkylation sites (tertiary alicyclic amines) is 1. The van der Waals surface area contributed by atoms with Crippen molar-refractivity contribution in [2.24, 2.45) is 0 Å². The van der Waals surface area contributed by atoms with Gasteiger partial charge < -0.3 is 10.0 Å². The van der Waals surface area contributed by atoms with Crippen LogP contribution in [0.5, 0.6) is 0 Å². The molecular weight excluding hydrogens is 410 g/mol. The van der Waals surface area contributed by atoms with Gasteiger partial charge in [0.25, 0.3) is 17.4 Å². The summed E-state index contributed by atoms with van der Waals surface area (Å²) >= 11 is 0. The molecule has 8 nitrogen and oxygen atoms in total. The van der Waals surface area contributed by atoms with Crippen molar-refractivity contribution >= 4 is 23.1 Å². The summed E-state index contributed by atoms with van der Waals surface area (Å²) in [5.41, 5.74) is 1.41. The third kappa shape index (κ3) is 3.98. The molecule has 0 radical (unpaired) electrons. The van der Waals surface area contributed by atoms with Gasteiger partial charge in [-0.3, -0.25) is 24.7 Å². The minimum Gasteiger partial charge on any atom is -0.507 e. The lowest BCUT2D eigenvalue weighted by atomic mass is 9.95. The van der Waals surface area contributed by atoms with Gasteiger partial charge in [-0.15, -0.1) is 0 Å². The summed E-state index contributed by atoms with van der Waals surface area (Å²) in [4.78, 5) is 42.0. The molecule has 0 spiro atoms. The Morgan fingerprint density at radius 3 is 2.44 bits per heavy atom. The van der Waals surface area contributed by atoms with Crippen LogP contribution in [0.1, 0.15) is 22.7 Å². The van der Waals surface area contributed by atoms with E-state index in [1.54, 1.807) is 6.07 Å². The van der Waals surface area contributed by atoms with E-state index in [0.29, 0.717) is 17.5 Å². The van der Waals surface area contributed by atoms with E-state index in [4.69, 9.17) is 0 Å². The van der Waals surface area contributed by atoms with Crippen molar-refractivity contribution in [3.63, 3.8) is 0 Å². The second kappa shape index (κ2) is 8.81. The van der Waals surface area contributed by atoms with E-state index in [2.05, 4.69) is 4.98 Å². The van der Waals surface area contributed by atoms with Gasteiger partial charge >= 0.3 is 0 Å². The molecule has 1 fully saturated rings. The van der Waals surface area contributed by atoms with Crippen molar-refractivity contribution < 1.29 is 19.6 Å². The third-order valence-electron chi connectivity index (χ3n) is 5.37. The van der Waals surface area contributed by atoms with Gasteiger partial charge in [-0.25, -0.2) is 0 Å². The number of Topliss-reactive ketones (excluding diaryl/α,β-unsaturated/α-hetero) is 1. The van der Waals surface area contributed by atoms with Crippen LogP contribution in [0.4, 0.5) is 5.69 Å². The Hall–Kier alpha value is -4.33. The Morgan fingerprint density at radius 1 is 1.03 bits per heavy atom. The van der Waals surface area contributed by atoms with Crippen LogP contribution in [0.25, 0.3) is 5.76 Å². The summed E-state index contributed by atoms with van der Waals surface area (Å²) in [6.07, 6.45) is 3.40. The molecule has 160 valence electrons. The first kappa shape index (κ1) is 20.9. The zero-order valence-electron chi connectivity index (χ0n) is 16.9. The number of pyridine rings is 1. The number of nitro benzene ring substituents is 1. The summed E-state index contributed by atoms with van der Waals surface area (Å²) < 4.78 is 0. The third-order valence-corrected chi connectivity index (χ3v) is 5.37. The maximum atomic E-state index is 13.0. The molecule has 1 aliphatic heterocycles. The van der Waals surface area contributed by atoms with Gasteiger partial charge in [-0.05, 0) is 29.7 Å². The number of amides is 1. The summed E-state index contributed by atoms with van der Waals surface area (Å²) in [7, 11) is 0. The lowest BCUT2D eigenvalue weighted by molar-refractivity contribution is -0.384. The van der Waals surface area contributed by atoms with Crippen LogP contribution < -0.4 is 0 Å². The summed E-state index contributed by atoms with van der Waals surface area (Å²) in [5.74, 6) is -1.93. The molecule has 1 amide bonds. The Bertz CT molecular complexity index is 1210. The van der Waals surface area contributed by atoms with E-state index in [9.17, 15) is 24.8 Å². The molecule has 0 aliphatic carbocycles. The van der Waals surface area contributed by atoms with Gasteiger partial charge in [-0.2, -0.15) is 0 Å².